The molecule has 1 rings (SSSR count). The molecule has 0 amide bonds. The monoisotopic (exact) mass is 308 g/mol. The summed E-state index contributed by atoms with van der Waals surface area (Å²) in [4.78, 5) is 3.71. The molecule has 4 N–H and O–H groups in total. The maximum atomic E-state index is 11.9. The molecule has 0 aliphatic heterocycles. The number of nitrogen functional groups attached to an aromatic ring is 1. The Bertz CT molecular complexity index is 625. The first kappa shape index (κ1) is 15.8. The van der Waals surface area contributed by atoms with E-state index in [4.69, 9.17) is 5.84 Å². The Morgan fingerprint density at radius 1 is 1.32 bits per heavy atom. The number of sulfonamides is 1. The van der Waals surface area contributed by atoms with Crippen LogP contribution in [-0.4, -0.2) is 39.9 Å². The molecule has 1 aromatic rings. The van der Waals surface area contributed by atoms with Gasteiger partial charge in [0, 0.05) is 18.5 Å². The molecule has 0 bridgehead atoms. The molecule has 0 saturated heterocycles. The number of nitrogens with two attached hydrogens (primary N) is 1. The van der Waals surface area contributed by atoms with E-state index in [2.05, 4.69) is 15.1 Å². The van der Waals surface area contributed by atoms with Crippen molar-refractivity contribution in [2.75, 3.05) is 17.4 Å². The molecule has 0 aromatic carbocycles. The van der Waals surface area contributed by atoms with Crippen molar-refractivity contribution in [1.29, 1.82) is 0 Å². The van der Waals surface area contributed by atoms with Gasteiger partial charge in [0.2, 0.25) is 10.0 Å². The van der Waals surface area contributed by atoms with Crippen LogP contribution in [0.15, 0.2) is 23.2 Å². The predicted molar refractivity (Wildman–Crippen MR) is 71.5 cm³/mol. The number of nitrogens with one attached hydrogen (secondary N) is 2. The van der Waals surface area contributed by atoms with E-state index in [0.29, 0.717) is 5.82 Å². The molecule has 19 heavy (non-hydrogen) atoms. The Labute approximate surface area is 112 Å². The van der Waals surface area contributed by atoms with Crippen LogP contribution in [0.4, 0.5) is 5.82 Å². The van der Waals surface area contributed by atoms with Gasteiger partial charge in [-0.15, -0.1) is 0 Å². The molecule has 0 fully saturated rings. The normalized spacial score (nSPS) is 14.1. The molecule has 0 saturated carbocycles. The van der Waals surface area contributed by atoms with Crippen molar-refractivity contribution in [2.24, 2.45) is 5.84 Å². The van der Waals surface area contributed by atoms with E-state index in [1.54, 1.807) is 0 Å². The third kappa shape index (κ3) is 5.11. The molecule has 1 unspecified atom stereocenters. The average Bonchev–Trinajstić information content (AvgIpc) is 2.25. The molecule has 0 radical (unpaired) electrons. The maximum absolute atomic E-state index is 11.9. The third-order valence-electron chi connectivity index (χ3n) is 2.10. The fourth-order valence-corrected chi connectivity index (χ4v) is 3.73. The standard InChI is InChI=1S/C9H16N4O4S2/c1-7(6-18(2,14)15)13-19(16,17)8-3-4-9(12-10)11-5-8/h3-5,7,13H,6,10H2,1-2H3,(H,11,12). The average molecular weight is 308 g/mol. The number of hydrogen-bond donors (Lipinski definition) is 3. The van der Waals surface area contributed by atoms with Gasteiger partial charge in [-0.3, -0.25) is 0 Å². The van der Waals surface area contributed by atoms with Gasteiger partial charge < -0.3 is 5.43 Å². The lowest BCUT2D eigenvalue weighted by Crippen LogP contribution is -2.37. The van der Waals surface area contributed by atoms with E-state index < -0.39 is 25.9 Å². The lowest BCUT2D eigenvalue weighted by molar-refractivity contribution is 0.564. The smallest absolute Gasteiger partial charge is 0.242 e. The lowest BCUT2D eigenvalue weighted by atomic mass is 10.4. The van der Waals surface area contributed by atoms with Gasteiger partial charge in [-0.05, 0) is 19.1 Å². The summed E-state index contributed by atoms with van der Waals surface area (Å²) in [6, 6.07) is 1.99. The van der Waals surface area contributed by atoms with Gasteiger partial charge in [0.1, 0.15) is 20.6 Å². The zero-order chi connectivity index (χ0) is 14.7. The fourth-order valence-electron chi connectivity index (χ4n) is 1.45. The Hall–Kier alpha value is -1.23. The molecule has 0 aliphatic rings. The molecule has 108 valence electrons. The van der Waals surface area contributed by atoms with Gasteiger partial charge >= 0.3 is 0 Å². The van der Waals surface area contributed by atoms with Gasteiger partial charge in [0.15, 0.2) is 0 Å². The summed E-state index contributed by atoms with van der Waals surface area (Å²) >= 11 is 0. The van der Waals surface area contributed by atoms with Crippen molar-refractivity contribution < 1.29 is 16.8 Å². The third-order valence-corrected chi connectivity index (χ3v) is 4.78. The number of hydrazine groups is 1. The number of rotatable bonds is 6. The van der Waals surface area contributed by atoms with E-state index in [9.17, 15) is 16.8 Å². The summed E-state index contributed by atoms with van der Waals surface area (Å²) in [6.07, 6.45) is 2.17. The molecule has 1 atom stereocenters. The van der Waals surface area contributed by atoms with Gasteiger partial charge in [0.05, 0.1) is 5.75 Å². The summed E-state index contributed by atoms with van der Waals surface area (Å²) in [7, 11) is -7.06. The van der Waals surface area contributed by atoms with Crippen molar-refractivity contribution in [3.63, 3.8) is 0 Å². The zero-order valence-corrected chi connectivity index (χ0v) is 12.1. The quantitative estimate of drug-likeness (QED) is 0.457. The Balaban J connectivity index is 2.86. The number of aromatic nitrogens is 1. The summed E-state index contributed by atoms with van der Waals surface area (Å²) < 4.78 is 48.3. The number of anilines is 1. The van der Waals surface area contributed by atoms with Crippen molar-refractivity contribution >= 4 is 25.7 Å². The molecule has 0 spiro atoms. The Kier molecular flexibility index (Phi) is 4.85. The van der Waals surface area contributed by atoms with E-state index in [0.717, 1.165) is 12.5 Å². The van der Waals surface area contributed by atoms with Crippen molar-refractivity contribution in [3.8, 4) is 0 Å². The van der Waals surface area contributed by atoms with Crippen LogP contribution in [0, 0.1) is 0 Å². The van der Waals surface area contributed by atoms with Crippen LogP contribution in [0.2, 0.25) is 0 Å². The number of pyridine rings is 1. The number of hydrogen-bond acceptors (Lipinski definition) is 7. The van der Waals surface area contributed by atoms with Crippen molar-refractivity contribution in [3.05, 3.63) is 18.3 Å². The molecule has 1 aromatic heterocycles. The van der Waals surface area contributed by atoms with Gasteiger partial charge in [-0.25, -0.2) is 32.4 Å². The van der Waals surface area contributed by atoms with E-state index in [1.807, 2.05) is 0 Å². The molecule has 0 aliphatic carbocycles. The predicted octanol–water partition coefficient (Wildman–Crippen LogP) is -0.921. The first-order chi connectivity index (χ1) is 8.64. The van der Waals surface area contributed by atoms with Crippen LogP contribution in [0.25, 0.3) is 0 Å². The highest BCUT2D eigenvalue weighted by Crippen LogP contribution is 2.10. The highest BCUT2D eigenvalue weighted by Gasteiger charge is 2.20. The minimum absolute atomic E-state index is 0.0631. The summed E-state index contributed by atoms with van der Waals surface area (Å²) in [6.45, 7) is 1.47. The molecule has 1 heterocycles. The molecular formula is C9H16N4O4S2. The minimum atomic E-state index is -3.80. The SMILES string of the molecule is CC(CS(C)(=O)=O)NS(=O)(=O)c1ccc(NN)nc1. The zero-order valence-electron chi connectivity index (χ0n) is 10.5. The lowest BCUT2D eigenvalue weighted by Gasteiger charge is -2.13. The number of nitrogens with zero attached hydrogens (tertiary/aromatic N) is 1. The van der Waals surface area contributed by atoms with Crippen LogP contribution in [0.1, 0.15) is 6.92 Å². The highest BCUT2D eigenvalue weighted by atomic mass is 32.2. The van der Waals surface area contributed by atoms with E-state index >= 15 is 0 Å². The maximum Gasteiger partial charge on any atom is 0.242 e. The topological polar surface area (TPSA) is 131 Å². The van der Waals surface area contributed by atoms with Gasteiger partial charge in [-0.2, -0.15) is 0 Å². The second kappa shape index (κ2) is 5.82. The van der Waals surface area contributed by atoms with Gasteiger partial charge in [0.25, 0.3) is 0 Å². The van der Waals surface area contributed by atoms with Crippen molar-refractivity contribution in [1.82, 2.24) is 9.71 Å². The summed E-state index contributed by atoms with van der Waals surface area (Å²) in [5, 5.41) is 0. The fraction of sp³-hybridized carbons (Fsp3) is 0.444. The van der Waals surface area contributed by atoms with Gasteiger partial charge in [-0.1, -0.05) is 0 Å². The van der Waals surface area contributed by atoms with Crippen molar-refractivity contribution in [2.45, 2.75) is 17.9 Å². The van der Waals surface area contributed by atoms with Crippen LogP contribution in [0.5, 0.6) is 0 Å². The highest BCUT2D eigenvalue weighted by molar-refractivity contribution is 7.91. The molecule has 8 nitrogen and oxygen atoms in total. The summed E-state index contributed by atoms with van der Waals surface area (Å²) in [5.74, 6) is 5.16. The summed E-state index contributed by atoms with van der Waals surface area (Å²) in [5.41, 5.74) is 2.27. The first-order valence-electron chi connectivity index (χ1n) is 5.27. The van der Waals surface area contributed by atoms with E-state index in [1.165, 1.54) is 19.1 Å². The Morgan fingerprint density at radius 2 is 1.95 bits per heavy atom. The van der Waals surface area contributed by atoms with E-state index in [-0.39, 0.29) is 10.6 Å². The van der Waals surface area contributed by atoms with Crippen LogP contribution < -0.4 is 16.0 Å². The molecule has 10 heteroatoms. The second-order valence-corrected chi connectivity index (χ2v) is 8.04. The minimum Gasteiger partial charge on any atom is -0.308 e. The Morgan fingerprint density at radius 3 is 2.37 bits per heavy atom. The first-order valence-corrected chi connectivity index (χ1v) is 8.81. The largest absolute Gasteiger partial charge is 0.308 e. The number of sulfone groups is 1. The molecular weight excluding hydrogens is 292 g/mol. The van der Waals surface area contributed by atoms with Crippen LogP contribution in [-0.2, 0) is 19.9 Å². The second-order valence-electron chi connectivity index (χ2n) is 4.14. The van der Waals surface area contributed by atoms with Crippen LogP contribution >= 0.6 is 0 Å². The van der Waals surface area contributed by atoms with Crippen LogP contribution in [0.3, 0.4) is 0 Å².